The molecular formula is C32H51Cl3N8O4Si2. The number of nitrogens with zero attached hydrogens (tertiary/aromatic N) is 7. The van der Waals surface area contributed by atoms with Gasteiger partial charge in [-0.3, -0.25) is 0 Å². The predicted molar refractivity (Wildman–Crippen MR) is 205 cm³/mol. The van der Waals surface area contributed by atoms with Crippen LogP contribution >= 0.6 is 34.8 Å². The molecule has 17 heteroatoms. The molecule has 49 heavy (non-hydrogen) atoms. The lowest BCUT2D eigenvalue weighted by molar-refractivity contribution is 0.0898. The van der Waals surface area contributed by atoms with Crippen molar-refractivity contribution in [1.29, 1.82) is 0 Å². The smallest absolute Gasteiger partial charge is 0.226 e. The van der Waals surface area contributed by atoms with Gasteiger partial charge in [-0.25, -0.2) is 4.98 Å². The number of halogens is 3. The topological polar surface area (TPSA) is 114 Å². The molecular weight excluding hydrogens is 723 g/mol. The Labute approximate surface area is 306 Å². The first-order chi connectivity index (χ1) is 23.3. The van der Waals surface area contributed by atoms with Gasteiger partial charge in [0.15, 0.2) is 0 Å². The molecule has 0 aromatic carbocycles. The third kappa shape index (κ3) is 13.3. The predicted octanol–water partition coefficient (Wildman–Crippen LogP) is 6.89. The molecule has 2 aliphatic heterocycles. The van der Waals surface area contributed by atoms with Gasteiger partial charge in [0.1, 0.15) is 35.7 Å². The number of hydrogen-bond donors (Lipinski definition) is 1. The van der Waals surface area contributed by atoms with E-state index in [2.05, 4.69) is 69.4 Å². The highest BCUT2D eigenvalue weighted by Gasteiger charge is 2.19. The molecule has 0 amide bonds. The van der Waals surface area contributed by atoms with Gasteiger partial charge >= 0.3 is 0 Å². The second-order valence-corrected chi connectivity index (χ2v) is 26.6. The number of aromatic nitrogens is 6. The fourth-order valence-electron chi connectivity index (χ4n) is 4.85. The van der Waals surface area contributed by atoms with Gasteiger partial charge < -0.3 is 38.3 Å². The number of fused-ring (bicyclic) bond motifs is 2. The SMILES string of the molecule is C1COCCN1.C[Si](C)(C)CCOCn1ccc2c(Cl)nc(Cl)nc21.C[Si](C)(C)CCOCn1ccc2c(N3CCOCC3)nc(Cl)nc21. The fourth-order valence-corrected chi connectivity index (χ4v) is 6.96. The maximum Gasteiger partial charge on any atom is 0.226 e. The summed E-state index contributed by atoms with van der Waals surface area (Å²) in [4.78, 5) is 19.2. The molecule has 2 aliphatic rings. The standard InChI is InChI=1S/C16H25ClN4O2Si.C12H17Cl2N3OSi.C4H9NO/c1-24(2,3)11-10-23-12-21-5-4-13-14(18-16(17)19-15(13)21)20-6-8-22-9-7-20;1-19(2,3)7-6-18-8-17-5-4-9-10(13)15-12(14)16-11(9)17;1-3-6-4-2-5-1/h4-5H,6-12H2,1-3H3;4-5H,6-8H2,1-3H3;5H,1-4H2. The lowest BCUT2D eigenvalue weighted by Gasteiger charge is -2.28. The van der Waals surface area contributed by atoms with E-state index < -0.39 is 16.1 Å². The Balaban J connectivity index is 0.000000192. The van der Waals surface area contributed by atoms with Crippen LogP contribution in [0.25, 0.3) is 22.1 Å². The van der Waals surface area contributed by atoms with Crippen LogP contribution in [0.1, 0.15) is 0 Å². The van der Waals surface area contributed by atoms with Crippen molar-refractivity contribution in [3.8, 4) is 0 Å². The monoisotopic (exact) mass is 772 g/mol. The van der Waals surface area contributed by atoms with E-state index in [0.717, 1.165) is 86.9 Å². The maximum atomic E-state index is 6.16. The molecule has 0 bridgehead atoms. The largest absolute Gasteiger partial charge is 0.379 e. The van der Waals surface area contributed by atoms with Crippen LogP contribution in [-0.2, 0) is 32.4 Å². The van der Waals surface area contributed by atoms with Crippen molar-refractivity contribution >= 4 is 78.8 Å². The van der Waals surface area contributed by atoms with E-state index in [1.165, 1.54) is 0 Å². The lowest BCUT2D eigenvalue weighted by atomic mass is 10.3. The summed E-state index contributed by atoms with van der Waals surface area (Å²) < 4.78 is 25.9. The molecule has 6 rings (SSSR count). The van der Waals surface area contributed by atoms with E-state index in [1.54, 1.807) is 0 Å². The molecule has 0 radical (unpaired) electrons. The van der Waals surface area contributed by atoms with Gasteiger partial charge in [-0.15, -0.1) is 0 Å². The second kappa shape index (κ2) is 19.1. The van der Waals surface area contributed by atoms with Crippen molar-refractivity contribution in [3.63, 3.8) is 0 Å². The molecule has 0 aliphatic carbocycles. The summed E-state index contributed by atoms with van der Waals surface area (Å²) in [6, 6.07) is 6.21. The van der Waals surface area contributed by atoms with Gasteiger partial charge in [-0.05, 0) is 47.4 Å². The zero-order chi connectivity index (χ0) is 35.4. The van der Waals surface area contributed by atoms with Crippen molar-refractivity contribution < 1.29 is 18.9 Å². The maximum absolute atomic E-state index is 6.16. The van der Waals surface area contributed by atoms with Crippen molar-refractivity contribution in [2.75, 3.05) is 70.7 Å². The van der Waals surface area contributed by atoms with Gasteiger partial charge in [0.25, 0.3) is 0 Å². The molecule has 1 N–H and O–H groups in total. The molecule has 0 atom stereocenters. The summed E-state index contributed by atoms with van der Waals surface area (Å²) in [5, 5.41) is 5.75. The van der Waals surface area contributed by atoms with Gasteiger partial charge in [-0.2, -0.15) is 15.0 Å². The third-order valence-electron chi connectivity index (χ3n) is 7.73. The fraction of sp³-hybridized carbons (Fsp3) is 0.625. The number of nitrogens with one attached hydrogen (secondary N) is 1. The molecule has 4 aromatic rings. The Bertz CT molecular complexity index is 1590. The molecule has 0 spiro atoms. The van der Waals surface area contributed by atoms with Crippen molar-refractivity contribution in [2.24, 2.45) is 0 Å². The highest BCUT2D eigenvalue weighted by molar-refractivity contribution is 6.76. The molecule has 272 valence electrons. The highest BCUT2D eigenvalue weighted by atomic mass is 35.5. The molecule has 6 heterocycles. The Kier molecular flexibility index (Phi) is 15.6. The minimum Gasteiger partial charge on any atom is -0.379 e. The van der Waals surface area contributed by atoms with Crippen LogP contribution in [0.2, 0.25) is 67.1 Å². The zero-order valence-electron chi connectivity index (χ0n) is 29.6. The number of rotatable bonds is 11. The normalized spacial score (nSPS) is 15.6. The number of ether oxygens (including phenoxy) is 4. The highest BCUT2D eigenvalue weighted by Crippen LogP contribution is 2.27. The van der Waals surface area contributed by atoms with Crippen LogP contribution < -0.4 is 10.2 Å². The van der Waals surface area contributed by atoms with Crippen LogP contribution in [0.15, 0.2) is 24.5 Å². The molecule has 0 saturated carbocycles. The minimum absolute atomic E-state index is 0.152. The van der Waals surface area contributed by atoms with E-state index >= 15 is 0 Å². The summed E-state index contributed by atoms with van der Waals surface area (Å²) in [6.45, 7) is 23.4. The first kappa shape index (κ1) is 39.9. The Morgan fingerprint density at radius 1 is 0.694 bits per heavy atom. The van der Waals surface area contributed by atoms with Crippen LogP contribution in [0, 0.1) is 0 Å². The van der Waals surface area contributed by atoms with Gasteiger partial charge in [0.05, 0.1) is 37.2 Å². The lowest BCUT2D eigenvalue weighted by Crippen LogP contribution is -2.37. The summed E-state index contributed by atoms with van der Waals surface area (Å²) in [5.74, 6) is 0.883. The summed E-state index contributed by atoms with van der Waals surface area (Å²) >= 11 is 18.0. The molecule has 2 saturated heterocycles. The summed E-state index contributed by atoms with van der Waals surface area (Å²) in [5.41, 5.74) is 1.53. The van der Waals surface area contributed by atoms with Crippen molar-refractivity contribution in [1.82, 2.24) is 34.4 Å². The molecule has 2 fully saturated rings. The second-order valence-electron chi connectivity index (χ2n) is 14.3. The van der Waals surface area contributed by atoms with Crippen LogP contribution in [-0.4, -0.2) is 111 Å². The van der Waals surface area contributed by atoms with Crippen LogP contribution in [0.3, 0.4) is 0 Å². The van der Waals surface area contributed by atoms with E-state index in [1.807, 2.05) is 33.7 Å². The van der Waals surface area contributed by atoms with Crippen molar-refractivity contribution in [3.05, 3.63) is 40.2 Å². The average molecular weight is 774 g/mol. The van der Waals surface area contributed by atoms with Gasteiger partial charge in [-0.1, -0.05) is 50.9 Å². The summed E-state index contributed by atoms with van der Waals surface area (Å²) in [6.07, 6.45) is 3.88. The van der Waals surface area contributed by atoms with Gasteiger partial charge in [0, 0.05) is 67.9 Å². The first-order valence-corrected chi connectivity index (χ1v) is 25.3. The average Bonchev–Trinajstić information content (AvgIpc) is 3.66. The van der Waals surface area contributed by atoms with Crippen LogP contribution in [0.4, 0.5) is 5.82 Å². The minimum atomic E-state index is -1.07. The van der Waals surface area contributed by atoms with Crippen molar-refractivity contribution in [2.45, 2.75) is 64.8 Å². The Morgan fingerprint density at radius 2 is 1.18 bits per heavy atom. The van der Waals surface area contributed by atoms with E-state index in [9.17, 15) is 0 Å². The third-order valence-corrected chi connectivity index (χ3v) is 11.8. The zero-order valence-corrected chi connectivity index (χ0v) is 33.9. The van der Waals surface area contributed by atoms with E-state index in [4.69, 9.17) is 53.8 Å². The Morgan fingerprint density at radius 3 is 1.67 bits per heavy atom. The van der Waals surface area contributed by atoms with E-state index in [-0.39, 0.29) is 10.6 Å². The Hall–Kier alpha value is -1.86. The molecule has 4 aromatic heterocycles. The number of morpholine rings is 2. The summed E-state index contributed by atoms with van der Waals surface area (Å²) in [7, 11) is -2.13. The number of hydrogen-bond acceptors (Lipinski definition) is 10. The molecule has 12 nitrogen and oxygen atoms in total. The quantitative estimate of drug-likeness (QED) is 0.0749. The molecule has 0 unspecified atom stereocenters. The van der Waals surface area contributed by atoms with Gasteiger partial charge in [0.2, 0.25) is 10.6 Å². The van der Waals surface area contributed by atoms with E-state index in [0.29, 0.717) is 37.5 Å². The van der Waals surface area contributed by atoms with Crippen LogP contribution in [0.5, 0.6) is 0 Å². The first-order valence-electron chi connectivity index (χ1n) is 16.8. The number of anilines is 1.